The molecule has 49 heavy (non-hydrogen) atoms. The third kappa shape index (κ3) is 6.73. The molecule has 2 aromatic carbocycles. The van der Waals surface area contributed by atoms with Crippen LogP contribution in [0, 0.1) is 0 Å². The van der Waals surface area contributed by atoms with Crippen molar-refractivity contribution in [3.63, 3.8) is 0 Å². The van der Waals surface area contributed by atoms with Crippen LogP contribution in [0.5, 0.6) is 23.0 Å². The highest BCUT2D eigenvalue weighted by molar-refractivity contribution is 5.66. The second-order valence-electron chi connectivity index (χ2n) is 18.4. The van der Waals surface area contributed by atoms with Crippen LogP contribution in [-0.4, -0.2) is 24.4 Å². The predicted octanol–water partition coefficient (Wildman–Crippen LogP) is 12.2. The van der Waals surface area contributed by atoms with Gasteiger partial charge in [0.2, 0.25) is 0 Å². The molecule has 0 bridgehead atoms. The van der Waals surface area contributed by atoms with Gasteiger partial charge in [0.25, 0.3) is 0 Å². The lowest BCUT2D eigenvalue weighted by Crippen LogP contribution is -2.27. The van der Waals surface area contributed by atoms with Crippen LogP contribution >= 0.6 is 0 Å². The Bertz CT molecular complexity index is 1350. The molecule has 0 N–H and O–H groups in total. The summed E-state index contributed by atoms with van der Waals surface area (Å²) in [7, 11) is 0. The van der Waals surface area contributed by atoms with E-state index in [1.54, 1.807) is 0 Å². The second-order valence-corrected chi connectivity index (χ2v) is 18.4. The molecule has 0 atom stereocenters. The molecule has 8 rings (SSSR count). The average Bonchev–Trinajstić information content (AvgIpc) is 3.45. The van der Waals surface area contributed by atoms with E-state index in [4.69, 9.17) is 18.9 Å². The average molecular weight is 669 g/mol. The maximum Gasteiger partial charge on any atom is 0.161 e. The van der Waals surface area contributed by atoms with Gasteiger partial charge in [-0.25, -0.2) is 0 Å². The largest absolute Gasteiger partial charge is 0.487 e. The molecule has 4 saturated carbocycles. The van der Waals surface area contributed by atoms with Crippen molar-refractivity contribution in [3.05, 3.63) is 46.5 Å². The van der Waals surface area contributed by atoms with E-state index in [2.05, 4.69) is 52.0 Å². The van der Waals surface area contributed by atoms with E-state index in [0.717, 1.165) is 87.2 Å². The summed E-state index contributed by atoms with van der Waals surface area (Å²) in [5.74, 6) is 3.98. The SMILES string of the molecule is CC1(C)CC2(CC(C)(C)c3cc(OC4CCCCC4)c(OC4CCCCC4)cc32)c2cc(OC3CCCCC3)c(OC3CCCCC3)cc21. The first-order chi connectivity index (χ1) is 23.7. The van der Waals surface area contributed by atoms with Gasteiger partial charge in [-0.3, -0.25) is 0 Å². The van der Waals surface area contributed by atoms with Crippen LogP contribution in [0.1, 0.15) is 191 Å². The maximum atomic E-state index is 7.02. The van der Waals surface area contributed by atoms with E-state index in [-0.39, 0.29) is 28.5 Å². The Kier molecular flexibility index (Phi) is 9.40. The molecule has 0 heterocycles. The molecular weight excluding hydrogens is 604 g/mol. The van der Waals surface area contributed by atoms with Gasteiger partial charge in [-0.2, -0.15) is 0 Å². The predicted molar refractivity (Wildman–Crippen MR) is 199 cm³/mol. The quantitative estimate of drug-likeness (QED) is 0.280. The third-order valence-electron chi connectivity index (χ3n) is 13.5. The van der Waals surface area contributed by atoms with Crippen molar-refractivity contribution in [2.75, 3.05) is 0 Å². The van der Waals surface area contributed by atoms with Gasteiger partial charge in [0.05, 0.1) is 24.4 Å². The van der Waals surface area contributed by atoms with Gasteiger partial charge in [-0.05, 0) is 173 Å². The summed E-state index contributed by atoms with van der Waals surface area (Å²) in [5, 5.41) is 0. The molecule has 0 aromatic heterocycles. The first-order valence-corrected chi connectivity index (χ1v) is 20.7. The third-order valence-corrected chi connectivity index (χ3v) is 13.5. The van der Waals surface area contributed by atoms with Gasteiger partial charge in [-0.1, -0.05) is 53.4 Å². The van der Waals surface area contributed by atoms with Crippen molar-refractivity contribution in [1.82, 2.24) is 0 Å². The van der Waals surface area contributed by atoms with E-state index in [9.17, 15) is 0 Å². The Labute approximate surface area is 297 Å². The van der Waals surface area contributed by atoms with E-state index < -0.39 is 0 Å². The van der Waals surface area contributed by atoms with Crippen LogP contribution in [0.2, 0.25) is 0 Å². The van der Waals surface area contributed by atoms with E-state index in [1.807, 2.05) is 0 Å². The van der Waals surface area contributed by atoms with Crippen LogP contribution in [-0.2, 0) is 16.2 Å². The summed E-state index contributed by atoms with van der Waals surface area (Å²) in [6, 6.07) is 9.80. The summed E-state index contributed by atoms with van der Waals surface area (Å²) in [4.78, 5) is 0. The molecule has 6 aliphatic carbocycles. The van der Waals surface area contributed by atoms with Crippen molar-refractivity contribution >= 4 is 0 Å². The first kappa shape index (κ1) is 33.8. The number of benzene rings is 2. The summed E-state index contributed by atoms with van der Waals surface area (Å²) in [5.41, 5.74) is 5.78. The number of fused-ring (bicyclic) bond motifs is 4. The van der Waals surface area contributed by atoms with Crippen molar-refractivity contribution < 1.29 is 18.9 Å². The van der Waals surface area contributed by atoms with Gasteiger partial charge in [-0.15, -0.1) is 0 Å². The number of rotatable bonds is 8. The molecule has 6 aliphatic rings. The van der Waals surface area contributed by atoms with Gasteiger partial charge in [0.15, 0.2) is 23.0 Å². The smallest absolute Gasteiger partial charge is 0.161 e. The Morgan fingerprint density at radius 2 is 0.612 bits per heavy atom. The van der Waals surface area contributed by atoms with E-state index in [1.165, 1.54) is 99.3 Å². The lowest BCUT2D eigenvalue weighted by molar-refractivity contribution is 0.123. The molecule has 4 heteroatoms. The molecule has 1 spiro atoms. The number of ether oxygens (including phenoxy) is 4. The molecule has 0 amide bonds. The van der Waals surface area contributed by atoms with Crippen LogP contribution in [0.15, 0.2) is 24.3 Å². The summed E-state index contributed by atoms with van der Waals surface area (Å²) in [6.45, 7) is 9.88. The monoisotopic (exact) mass is 668 g/mol. The van der Waals surface area contributed by atoms with Crippen molar-refractivity contribution in [2.45, 2.75) is 210 Å². The van der Waals surface area contributed by atoms with Crippen LogP contribution < -0.4 is 18.9 Å². The van der Waals surface area contributed by atoms with Gasteiger partial charge in [0.1, 0.15) is 0 Å². The lowest BCUT2D eigenvalue weighted by atomic mass is 9.72. The number of hydrogen-bond acceptors (Lipinski definition) is 4. The summed E-state index contributed by atoms with van der Waals surface area (Å²) in [6.07, 6.45) is 28.0. The van der Waals surface area contributed by atoms with Crippen molar-refractivity contribution in [3.8, 4) is 23.0 Å². The Balaban J connectivity index is 1.23. The molecule has 0 unspecified atom stereocenters. The highest BCUT2D eigenvalue weighted by atomic mass is 16.5. The van der Waals surface area contributed by atoms with Crippen molar-refractivity contribution in [2.24, 2.45) is 0 Å². The fourth-order valence-electron chi connectivity index (χ4n) is 11.1. The normalized spacial score (nSPS) is 25.6. The molecule has 268 valence electrons. The van der Waals surface area contributed by atoms with Gasteiger partial charge in [0, 0.05) is 5.41 Å². The minimum atomic E-state index is -0.0975. The fourth-order valence-corrected chi connectivity index (χ4v) is 11.1. The first-order valence-electron chi connectivity index (χ1n) is 20.7. The Morgan fingerprint density at radius 3 is 0.878 bits per heavy atom. The zero-order chi connectivity index (χ0) is 33.6. The molecule has 4 fully saturated rings. The molecule has 2 aromatic rings. The minimum Gasteiger partial charge on any atom is -0.487 e. The van der Waals surface area contributed by atoms with E-state index >= 15 is 0 Å². The summed E-state index contributed by atoms with van der Waals surface area (Å²) >= 11 is 0. The van der Waals surface area contributed by atoms with Gasteiger partial charge >= 0.3 is 0 Å². The zero-order valence-electron chi connectivity index (χ0n) is 31.3. The fraction of sp³-hybridized carbons (Fsp3) is 0.733. The lowest BCUT2D eigenvalue weighted by Gasteiger charge is -2.32. The zero-order valence-corrected chi connectivity index (χ0v) is 31.3. The second kappa shape index (κ2) is 13.6. The maximum absolute atomic E-state index is 7.02. The molecule has 0 aliphatic heterocycles. The van der Waals surface area contributed by atoms with E-state index in [0.29, 0.717) is 12.2 Å². The Hall–Kier alpha value is -2.36. The van der Waals surface area contributed by atoms with Crippen LogP contribution in [0.3, 0.4) is 0 Å². The minimum absolute atomic E-state index is 0.0166. The molecular formula is C45H64O4. The van der Waals surface area contributed by atoms with Gasteiger partial charge < -0.3 is 18.9 Å². The molecule has 4 nitrogen and oxygen atoms in total. The molecule has 0 saturated heterocycles. The molecule has 0 radical (unpaired) electrons. The Morgan fingerprint density at radius 1 is 0.367 bits per heavy atom. The highest BCUT2D eigenvalue weighted by Gasteiger charge is 2.57. The topological polar surface area (TPSA) is 36.9 Å². The van der Waals surface area contributed by atoms with Crippen LogP contribution in [0.25, 0.3) is 0 Å². The standard InChI is InChI=1S/C45H64O4/c1-43(2)29-45(37-27-41(48-33-21-13-7-14-22-33)39(25-35(37)43)46-31-17-9-5-10-18-31)30-44(3,4)36-26-40(47-32-19-11-6-12-20-32)42(28-38(36)45)49-34-23-15-8-16-24-34/h25-28,31-34H,5-24,29-30H2,1-4H3. The van der Waals surface area contributed by atoms with Crippen LogP contribution in [0.4, 0.5) is 0 Å². The van der Waals surface area contributed by atoms with Crippen molar-refractivity contribution in [1.29, 1.82) is 0 Å². The number of hydrogen-bond donors (Lipinski definition) is 0. The highest BCUT2D eigenvalue weighted by Crippen LogP contribution is 2.65. The summed E-state index contributed by atoms with van der Waals surface area (Å²) < 4.78 is 27.9.